The van der Waals surface area contributed by atoms with Crippen molar-refractivity contribution in [3.63, 3.8) is 0 Å². The lowest BCUT2D eigenvalue weighted by molar-refractivity contribution is -0.154. The molecule has 4 rings (SSSR count). The first-order valence-corrected chi connectivity index (χ1v) is 10.4. The summed E-state index contributed by atoms with van der Waals surface area (Å²) < 4.78 is 67.9. The van der Waals surface area contributed by atoms with E-state index in [0.717, 1.165) is 24.4 Å². The highest BCUT2D eigenvalue weighted by Crippen LogP contribution is 2.39. The van der Waals surface area contributed by atoms with Crippen molar-refractivity contribution >= 4 is 23.0 Å². The molecule has 1 amide bonds. The van der Waals surface area contributed by atoms with Crippen LogP contribution in [0.1, 0.15) is 20.7 Å². The molecule has 3 heterocycles. The predicted octanol–water partition coefficient (Wildman–Crippen LogP) is 4.70. The van der Waals surface area contributed by atoms with Gasteiger partial charge in [0.1, 0.15) is 17.1 Å². The van der Waals surface area contributed by atoms with Gasteiger partial charge in [0.05, 0.1) is 18.1 Å². The lowest BCUT2D eigenvalue weighted by atomic mass is 10.0. The van der Waals surface area contributed by atoms with Crippen LogP contribution in [0.3, 0.4) is 0 Å². The van der Waals surface area contributed by atoms with Crippen LogP contribution in [0.5, 0.6) is 11.8 Å². The molecule has 0 aliphatic carbocycles. The zero-order valence-corrected chi connectivity index (χ0v) is 19.1. The summed E-state index contributed by atoms with van der Waals surface area (Å²) in [5, 5.41) is 12.0. The van der Waals surface area contributed by atoms with E-state index in [2.05, 4.69) is 15.3 Å². The lowest BCUT2D eigenvalue weighted by Crippen LogP contribution is -2.20. The number of ether oxygens (including phenoxy) is 2. The van der Waals surface area contributed by atoms with E-state index in [0.29, 0.717) is 5.56 Å². The second-order valence-corrected chi connectivity index (χ2v) is 7.58. The average molecular weight is 519 g/mol. The van der Waals surface area contributed by atoms with Gasteiger partial charge in [-0.1, -0.05) is 0 Å². The minimum atomic E-state index is -4.71. The summed E-state index contributed by atoms with van der Waals surface area (Å²) in [4.78, 5) is 32.5. The average Bonchev–Trinajstić information content (AvgIpc) is 3.24. The second kappa shape index (κ2) is 9.76. The summed E-state index contributed by atoms with van der Waals surface area (Å²) in [7, 11) is 2.56. The first-order chi connectivity index (χ1) is 17.5. The van der Waals surface area contributed by atoms with Gasteiger partial charge in [0.15, 0.2) is 6.61 Å². The van der Waals surface area contributed by atoms with Gasteiger partial charge >= 0.3 is 12.1 Å². The number of hydrogen-bond donors (Lipinski definition) is 2. The van der Waals surface area contributed by atoms with Crippen molar-refractivity contribution in [2.75, 3.05) is 20.8 Å². The van der Waals surface area contributed by atoms with Crippen LogP contribution < -0.4 is 14.8 Å². The molecule has 4 aromatic rings. The van der Waals surface area contributed by atoms with E-state index in [4.69, 9.17) is 13.9 Å². The Morgan fingerprint density at radius 1 is 1.11 bits per heavy atom. The first-order valence-electron chi connectivity index (χ1n) is 10.4. The number of amides is 1. The quantitative estimate of drug-likeness (QED) is 0.337. The SMILES string of the molecule is CNC(=O)c1c(-c2ccc(F)cc2)oc2nc(OCC(F)(F)F)c(-c3cnc(OC)c(C(=O)O)c3)cc12. The maximum atomic E-state index is 13.5. The number of pyridine rings is 2. The molecule has 0 atom stereocenters. The van der Waals surface area contributed by atoms with Gasteiger partial charge in [0, 0.05) is 29.9 Å². The summed E-state index contributed by atoms with van der Waals surface area (Å²) in [5.41, 5.74) is -0.397. The number of hydrogen-bond acceptors (Lipinski definition) is 7. The Bertz CT molecular complexity index is 1500. The van der Waals surface area contributed by atoms with Crippen LogP contribution >= 0.6 is 0 Å². The molecule has 0 aliphatic rings. The number of methoxy groups -OCH3 is 1. The normalized spacial score (nSPS) is 11.4. The fourth-order valence-corrected chi connectivity index (χ4v) is 3.54. The van der Waals surface area contributed by atoms with Crippen molar-refractivity contribution in [3.8, 4) is 34.2 Å². The van der Waals surface area contributed by atoms with Crippen LogP contribution in [0.25, 0.3) is 33.6 Å². The van der Waals surface area contributed by atoms with Crippen LogP contribution in [0.2, 0.25) is 0 Å². The molecule has 2 N–H and O–H groups in total. The monoisotopic (exact) mass is 519 g/mol. The van der Waals surface area contributed by atoms with Crippen molar-refractivity contribution in [2.45, 2.75) is 6.18 Å². The minimum absolute atomic E-state index is 0.0140. The number of rotatable bonds is 7. The van der Waals surface area contributed by atoms with Crippen molar-refractivity contribution in [2.24, 2.45) is 0 Å². The molecule has 0 radical (unpaired) electrons. The van der Waals surface area contributed by atoms with Crippen molar-refractivity contribution in [1.29, 1.82) is 0 Å². The number of aromatic nitrogens is 2. The fraction of sp³-hybridized carbons (Fsp3) is 0.167. The standard InChI is InChI=1S/C24H17F4N3O6/c1-29-19(32)17-15-8-14(12-7-16(23(33)34)20(35-2)30-9-12)21(36-10-24(26,27)28)31-22(15)37-18(17)11-3-5-13(25)6-4-11/h3-9H,10H2,1-2H3,(H,29,32)(H,33,34). The third-order valence-electron chi connectivity index (χ3n) is 5.17. The molecule has 1 aromatic carbocycles. The predicted molar refractivity (Wildman–Crippen MR) is 121 cm³/mol. The Hall–Kier alpha value is -4.68. The largest absolute Gasteiger partial charge is 0.480 e. The number of carboxylic acid groups (broad SMARTS) is 1. The third kappa shape index (κ3) is 5.15. The number of carbonyl (C=O) groups is 2. The van der Waals surface area contributed by atoms with Crippen LogP contribution in [0.15, 0.2) is 47.0 Å². The molecule has 0 saturated carbocycles. The zero-order chi connectivity index (χ0) is 26.9. The topological polar surface area (TPSA) is 124 Å². The Balaban J connectivity index is 2.00. The zero-order valence-electron chi connectivity index (χ0n) is 19.1. The fourth-order valence-electron chi connectivity index (χ4n) is 3.54. The number of furan rings is 1. The molecule has 0 spiro atoms. The minimum Gasteiger partial charge on any atom is -0.480 e. The van der Waals surface area contributed by atoms with Crippen molar-refractivity contribution in [3.05, 3.63) is 59.5 Å². The molecule has 0 saturated heterocycles. The number of nitrogens with one attached hydrogen (secondary N) is 1. The molecule has 0 unspecified atom stereocenters. The van der Waals surface area contributed by atoms with E-state index in [1.165, 1.54) is 32.4 Å². The van der Waals surface area contributed by atoms with E-state index in [-0.39, 0.29) is 45.0 Å². The Kier molecular flexibility index (Phi) is 6.70. The summed E-state index contributed by atoms with van der Waals surface area (Å²) in [6, 6.07) is 7.40. The van der Waals surface area contributed by atoms with Crippen molar-refractivity contribution in [1.82, 2.24) is 15.3 Å². The van der Waals surface area contributed by atoms with Gasteiger partial charge in [-0.25, -0.2) is 14.2 Å². The Morgan fingerprint density at radius 3 is 2.41 bits per heavy atom. The molecule has 0 fully saturated rings. The molecule has 9 nitrogen and oxygen atoms in total. The van der Waals surface area contributed by atoms with Gasteiger partial charge in [0.2, 0.25) is 17.5 Å². The van der Waals surface area contributed by atoms with Gasteiger partial charge in [-0.2, -0.15) is 18.2 Å². The van der Waals surface area contributed by atoms with Crippen LogP contribution in [0.4, 0.5) is 17.6 Å². The summed E-state index contributed by atoms with van der Waals surface area (Å²) >= 11 is 0. The van der Waals surface area contributed by atoms with Gasteiger partial charge in [-0.3, -0.25) is 4.79 Å². The maximum absolute atomic E-state index is 13.5. The molecule has 192 valence electrons. The van der Waals surface area contributed by atoms with Gasteiger partial charge < -0.3 is 24.3 Å². The number of fused-ring (bicyclic) bond motifs is 1. The Labute approximate surface area is 205 Å². The molecule has 3 aromatic heterocycles. The number of aromatic carboxylic acids is 1. The molecular weight excluding hydrogens is 502 g/mol. The molecule has 0 bridgehead atoms. The number of carbonyl (C=O) groups excluding carboxylic acids is 1. The number of nitrogens with zero attached hydrogens (tertiary/aromatic N) is 2. The van der Waals surface area contributed by atoms with E-state index in [1.807, 2.05) is 0 Å². The van der Waals surface area contributed by atoms with Gasteiger partial charge in [-0.05, 0) is 36.4 Å². The number of benzene rings is 1. The summed E-state index contributed by atoms with van der Waals surface area (Å²) in [6.45, 7) is -1.71. The highest BCUT2D eigenvalue weighted by atomic mass is 19.4. The number of halogens is 4. The summed E-state index contributed by atoms with van der Waals surface area (Å²) in [6.07, 6.45) is -3.55. The molecular formula is C24H17F4N3O6. The lowest BCUT2D eigenvalue weighted by Gasteiger charge is -2.13. The van der Waals surface area contributed by atoms with Crippen molar-refractivity contribution < 1.29 is 46.1 Å². The number of alkyl halides is 3. The smallest absolute Gasteiger partial charge is 0.422 e. The van der Waals surface area contributed by atoms with Gasteiger partial charge in [-0.15, -0.1) is 0 Å². The van der Waals surface area contributed by atoms with E-state index < -0.39 is 36.4 Å². The summed E-state index contributed by atoms with van der Waals surface area (Å²) in [5.74, 6) is -3.34. The highest BCUT2D eigenvalue weighted by molar-refractivity contribution is 6.11. The third-order valence-corrected chi connectivity index (χ3v) is 5.17. The molecule has 13 heteroatoms. The van der Waals surface area contributed by atoms with E-state index in [9.17, 15) is 32.3 Å². The second-order valence-electron chi connectivity index (χ2n) is 7.58. The Morgan fingerprint density at radius 2 is 1.81 bits per heavy atom. The molecule has 0 aliphatic heterocycles. The van der Waals surface area contributed by atoms with Crippen LogP contribution in [-0.2, 0) is 0 Å². The van der Waals surface area contributed by atoms with E-state index in [1.54, 1.807) is 0 Å². The highest BCUT2D eigenvalue weighted by Gasteiger charge is 2.31. The maximum Gasteiger partial charge on any atom is 0.422 e. The molecule has 37 heavy (non-hydrogen) atoms. The van der Waals surface area contributed by atoms with Crippen LogP contribution in [0, 0.1) is 5.82 Å². The first kappa shape index (κ1) is 25.4. The number of carboxylic acids is 1. The van der Waals surface area contributed by atoms with Gasteiger partial charge in [0.25, 0.3) is 5.91 Å². The van der Waals surface area contributed by atoms with E-state index >= 15 is 0 Å². The van der Waals surface area contributed by atoms with Crippen LogP contribution in [-0.4, -0.2) is 53.9 Å².